The molecule has 2 fully saturated rings. The molecular weight excluding hydrogens is 497 g/mol. The first kappa shape index (κ1) is 23.9. The minimum absolute atomic E-state index is 0.0402. The van der Waals surface area contributed by atoms with E-state index < -0.39 is 16.6 Å². The molecule has 1 aliphatic heterocycles. The van der Waals surface area contributed by atoms with Gasteiger partial charge in [-0.15, -0.1) is 11.8 Å². The minimum Gasteiger partial charge on any atom is -0.369 e. The predicted molar refractivity (Wildman–Crippen MR) is 128 cm³/mol. The number of non-ortho nitro benzene ring substituents is 1. The third kappa shape index (κ3) is 4.47. The molecule has 35 heavy (non-hydrogen) atoms. The number of primary amides is 1. The highest BCUT2D eigenvalue weighted by molar-refractivity contribution is 8.00. The number of hydrogen-bond donors (Lipinski definition) is 1. The van der Waals surface area contributed by atoms with Crippen molar-refractivity contribution >= 4 is 46.6 Å². The van der Waals surface area contributed by atoms with Gasteiger partial charge in [-0.1, -0.05) is 6.07 Å². The second kappa shape index (κ2) is 9.34. The standard InChI is InChI=1S/C23H23ClFN5O4S/c24-23-27-9-16(25)17(28-23)8-15-14-5-12(21(15)22(26)32)6-19(14)35-10-20(31)29-4-3-11-1-2-13(30(33)34)7-18(11)29/h1-2,7,9,12,14-15,19,21H,3-6,8,10H2,(H2,26,32)/t12-,14-,15+,19+,21-/m0/s1. The van der Waals surface area contributed by atoms with Crippen LogP contribution in [-0.2, 0) is 22.4 Å². The van der Waals surface area contributed by atoms with Gasteiger partial charge in [0.1, 0.15) is 0 Å². The van der Waals surface area contributed by atoms with Gasteiger partial charge in [0.25, 0.3) is 5.69 Å². The summed E-state index contributed by atoms with van der Waals surface area (Å²) in [6.45, 7) is 0.493. The number of nitro benzene ring substituents is 1. The second-order valence-electron chi connectivity index (χ2n) is 9.34. The average Bonchev–Trinajstić information content (AvgIpc) is 3.52. The molecule has 5 rings (SSSR count). The van der Waals surface area contributed by atoms with E-state index in [9.17, 15) is 24.1 Å². The van der Waals surface area contributed by atoms with Crippen LogP contribution >= 0.6 is 23.4 Å². The normalized spacial score (nSPS) is 26.7. The fourth-order valence-electron chi connectivity index (χ4n) is 6.08. The van der Waals surface area contributed by atoms with Crippen molar-refractivity contribution in [1.29, 1.82) is 0 Å². The summed E-state index contributed by atoms with van der Waals surface area (Å²) in [6.07, 6.45) is 3.48. The average molecular weight is 520 g/mol. The smallest absolute Gasteiger partial charge is 0.271 e. The predicted octanol–water partition coefficient (Wildman–Crippen LogP) is 3.17. The number of carbonyl (C=O) groups is 2. The summed E-state index contributed by atoms with van der Waals surface area (Å²) in [5, 5.41) is 11.2. The van der Waals surface area contributed by atoms with Crippen LogP contribution in [0.2, 0.25) is 5.28 Å². The Morgan fingerprint density at radius 2 is 2.14 bits per heavy atom. The lowest BCUT2D eigenvalue weighted by molar-refractivity contribution is -0.384. The largest absolute Gasteiger partial charge is 0.369 e. The van der Waals surface area contributed by atoms with Crippen molar-refractivity contribution in [2.24, 2.45) is 29.4 Å². The van der Waals surface area contributed by atoms with Gasteiger partial charge in [-0.2, -0.15) is 0 Å². The Balaban J connectivity index is 1.28. The molecule has 2 amide bonds. The molecule has 2 aliphatic carbocycles. The van der Waals surface area contributed by atoms with Crippen molar-refractivity contribution in [1.82, 2.24) is 9.97 Å². The Morgan fingerprint density at radius 1 is 1.34 bits per heavy atom. The van der Waals surface area contributed by atoms with Crippen LogP contribution in [0.25, 0.3) is 0 Å². The molecule has 0 spiro atoms. The highest BCUT2D eigenvalue weighted by Gasteiger charge is 2.54. The van der Waals surface area contributed by atoms with Gasteiger partial charge in [-0.3, -0.25) is 19.7 Å². The summed E-state index contributed by atoms with van der Waals surface area (Å²) in [7, 11) is 0. The summed E-state index contributed by atoms with van der Waals surface area (Å²) in [4.78, 5) is 45.3. The molecule has 0 unspecified atom stereocenters. The van der Waals surface area contributed by atoms with E-state index in [1.165, 1.54) is 23.9 Å². The number of benzene rings is 1. The summed E-state index contributed by atoms with van der Waals surface area (Å²) < 4.78 is 14.3. The van der Waals surface area contributed by atoms with Gasteiger partial charge in [-0.05, 0) is 60.6 Å². The van der Waals surface area contributed by atoms with E-state index in [0.717, 1.165) is 24.6 Å². The minimum atomic E-state index is -0.568. The lowest BCUT2D eigenvalue weighted by atomic mass is 9.76. The van der Waals surface area contributed by atoms with Crippen molar-refractivity contribution in [2.45, 2.75) is 30.9 Å². The lowest BCUT2D eigenvalue weighted by Gasteiger charge is -2.34. The lowest BCUT2D eigenvalue weighted by Crippen LogP contribution is -2.40. The third-order valence-corrected chi connectivity index (χ3v) is 9.11. The molecule has 9 nitrogen and oxygen atoms in total. The molecule has 2 heterocycles. The molecule has 0 saturated heterocycles. The second-order valence-corrected chi connectivity index (χ2v) is 10.9. The molecule has 12 heteroatoms. The van der Waals surface area contributed by atoms with E-state index in [1.54, 1.807) is 11.0 Å². The first-order chi connectivity index (χ1) is 16.7. The first-order valence-corrected chi connectivity index (χ1v) is 12.8. The van der Waals surface area contributed by atoms with Gasteiger partial charge >= 0.3 is 0 Å². The first-order valence-electron chi connectivity index (χ1n) is 11.4. The fourth-order valence-corrected chi connectivity index (χ4v) is 7.69. The van der Waals surface area contributed by atoms with Crippen molar-refractivity contribution in [3.63, 3.8) is 0 Å². The highest BCUT2D eigenvalue weighted by atomic mass is 35.5. The van der Waals surface area contributed by atoms with Crippen LogP contribution in [0.4, 0.5) is 15.8 Å². The van der Waals surface area contributed by atoms with Crippen molar-refractivity contribution in [3.05, 3.63) is 56.9 Å². The van der Waals surface area contributed by atoms with Crippen molar-refractivity contribution in [2.75, 3.05) is 17.2 Å². The summed E-state index contributed by atoms with van der Waals surface area (Å²) >= 11 is 7.39. The number of nitrogens with zero attached hydrogens (tertiary/aromatic N) is 4. The highest BCUT2D eigenvalue weighted by Crippen LogP contribution is 2.56. The van der Waals surface area contributed by atoms with Crippen LogP contribution in [0.3, 0.4) is 0 Å². The topological polar surface area (TPSA) is 132 Å². The van der Waals surface area contributed by atoms with Gasteiger partial charge in [0.15, 0.2) is 5.82 Å². The third-order valence-electron chi connectivity index (χ3n) is 7.55. The van der Waals surface area contributed by atoms with Crippen molar-refractivity contribution in [3.8, 4) is 0 Å². The number of fused-ring (bicyclic) bond motifs is 3. The molecule has 1 aromatic heterocycles. The van der Waals surface area contributed by atoms with Gasteiger partial charge in [-0.25, -0.2) is 14.4 Å². The quantitative estimate of drug-likeness (QED) is 0.337. The van der Waals surface area contributed by atoms with Crippen LogP contribution in [0.1, 0.15) is 24.1 Å². The van der Waals surface area contributed by atoms with Gasteiger partial charge in [0.2, 0.25) is 17.1 Å². The summed E-state index contributed by atoms with van der Waals surface area (Å²) in [6, 6.07) is 4.62. The van der Waals surface area contributed by atoms with E-state index >= 15 is 0 Å². The van der Waals surface area contributed by atoms with Crippen LogP contribution < -0.4 is 10.6 Å². The molecular formula is C23H23ClFN5O4S. The Hall–Kier alpha value is -2.79. The van der Waals surface area contributed by atoms with Crippen LogP contribution in [0, 0.1) is 39.6 Å². The number of halogens is 2. The molecule has 2 saturated carbocycles. The number of aromatic nitrogens is 2. The van der Waals surface area contributed by atoms with Crippen LogP contribution in [-0.4, -0.2) is 44.3 Å². The number of hydrogen-bond acceptors (Lipinski definition) is 7. The Bertz CT molecular complexity index is 1220. The van der Waals surface area contributed by atoms with Gasteiger partial charge < -0.3 is 10.6 Å². The Morgan fingerprint density at radius 3 is 2.89 bits per heavy atom. The number of anilines is 1. The number of carbonyl (C=O) groups excluding carboxylic acids is 2. The van der Waals surface area contributed by atoms with E-state index in [1.807, 2.05) is 0 Å². The van der Waals surface area contributed by atoms with Crippen molar-refractivity contribution < 1.29 is 18.9 Å². The maximum atomic E-state index is 14.3. The maximum Gasteiger partial charge on any atom is 0.271 e. The zero-order valence-electron chi connectivity index (χ0n) is 18.6. The summed E-state index contributed by atoms with van der Waals surface area (Å²) in [5.41, 5.74) is 7.37. The SMILES string of the molecule is NC(=O)[C@H]1[C@H]2C[C@@H]([C@H]1Cc1nc(Cl)ncc1F)[C@H](SCC(=O)N1CCc3ccc([N+](=O)[O-])cc31)C2. The number of amides is 2. The van der Waals surface area contributed by atoms with E-state index in [4.69, 9.17) is 17.3 Å². The zero-order chi connectivity index (χ0) is 24.9. The zero-order valence-corrected chi connectivity index (χ0v) is 20.2. The van der Waals surface area contributed by atoms with Gasteiger partial charge in [0.05, 0.1) is 28.3 Å². The molecule has 0 radical (unpaired) electrons. The molecule has 5 atom stereocenters. The Labute approximate surface area is 209 Å². The van der Waals surface area contributed by atoms with Crippen LogP contribution in [0.15, 0.2) is 24.4 Å². The molecule has 2 N–H and O–H groups in total. The fraction of sp³-hybridized carbons (Fsp3) is 0.478. The monoisotopic (exact) mass is 519 g/mol. The molecule has 2 aromatic rings. The maximum absolute atomic E-state index is 14.3. The van der Waals surface area contributed by atoms with Gasteiger partial charge in [0, 0.05) is 29.8 Å². The molecule has 184 valence electrons. The number of nitrogens with two attached hydrogens (primary N) is 1. The molecule has 1 aromatic carbocycles. The summed E-state index contributed by atoms with van der Waals surface area (Å²) in [5.74, 6) is -1.22. The number of nitro groups is 1. The Kier molecular flexibility index (Phi) is 6.39. The molecule has 2 bridgehead atoms. The number of rotatable bonds is 7. The van der Waals surface area contributed by atoms with Crippen LogP contribution in [0.5, 0.6) is 0 Å². The van der Waals surface area contributed by atoms with E-state index in [-0.39, 0.29) is 63.7 Å². The van der Waals surface area contributed by atoms with E-state index in [0.29, 0.717) is 18.7 Å². The van der Waals surface area contributed by atoms with E-state index in [2.05, 4.69) is 9.97 Å². The number of thioether (sulfide) groups is 1. The molecule has 3 aliphatic rings.